The Kier molecular flexibility index (Phi) is 4.57. The maximum Gasteiger partial charge on any atom is 0.258 e. The molecule has 0 spiro atoms. The first kappa shape index (κ1) is 18.2. The van der Waals surface area contributed by atoms with Crippen molar-refractivity contribution in [1.82, 2.24) is 15.0 Å². The number of nitrogens with zero attached hydrogens (tertiary/aromatic N) is 3. The monoisotopic (exact) mass is 412 g/mol. The van der Waals surface area contributed by atoms with Gasteiger partial charge in [-0.1, -0.05) is 18.2 Å². The number of anilines is 1. The quantitative estimate of drug-likeness (QED) is 0.417. The van der Waals surface area contributed by atoms with Crippen LogP contribution < -0.4 is 5.32 Å². The lowest BCUT2D eigenvalue weighted by molar-refractivity contribution is 0.102. The lowest BCUT2D eigenvalue weighted by Crippen LogP contribution is -2.13. The number of hydrogen-bond donors (Lipinski definition) is 1. The van der Waals surface area contributed by atoms with Crippen LogP contribution in [-0.4, -0.2) is 20.9 Å². The summed E-state index contributed by atoms with van der Waals surface area (Å²) in [5.74, 6) is 1.17. The third-order valence-electron chi connectivity index (χ3n) is 4.64. The first-order chi connectivity index (χ1) is 14.7. The maximum absolute atomic E-state index is 13.1. The SMILES string of the molecule is Cc1ccc(-c2cc(C(=O)Nc3nc(-c4cccnc4)cs3)c3ccccc3n2)o1. The van der Waals surface area contributed by atoms with E-state index in [0.29, 0.717) is 22.1 Å². The van der Waals surface area contributed by atoms with Crippen molar-refractivity contribution in [1.29, 1.82) is 0 Å². The molecule has 6 nitrogen and oxygen atoms in total. The van der Waals surface area contributed by atoms with E-state index in [1.54, 1.807) is 18.5 Å². The molecular formula is C23H16N4O2S. The van der Waals surface area contributed by atoms with E-state index < -0.39 is 0 Å². The molecule has 0 aliphatic carbocycles. The topological polar surface area (TPSA) is 80.9 Å². The van der Waals surface area contributed by atoms with Gasteiger partial charge in [-0.05, 0) is 43.3 Å². The van der Waals surface area contributed by atoms with Gasteiger partial charge < -0.3 is 4.42 Å². The van der Waals surface area contributed by atoms with Gasteiger partial charge in [-0.2, -0.15) is 0 Å². The fraction of sp³-hybridized carbons (Fsp3) is 0.0435. The summed E-state index contributed by atoms with van der Waals surface area (Å²) in [5, 5.41) is 6.10. The number of nitrogens with one attached hydrogen (secondary N) is 1. The normalized spacial score (nSPS) is 11.0. The van der Waals surface area contributed by atoms with Crippen LogP contribution in [0.5, 0.6) is 0 Å². The standard InChI is InChI=1S/C23H16N4O2S/c1-14-8-9-21(29-14)19-11-17(16-6-2-3-7-18(16)25-19)22(28)27-23-26-20(13-30-23)15-5-4-10-24-12-15/h2-13H,1H3,(H,26,27,28). The second-order valence-electron chi connectivity index (χ2n) is 6.72. The lowest BCUT2D eigenvalue weighted by Gasteiger charge is -2.08. The number of furan rings is 1. The number of amides is 1. The van der Waals surface area contributed by atoms with Crippen molar-refractivity contribution < 1.29 is 9.21 Å². The van der Waals surface area contributed by atoms with Crippen molar-refractivity contribution >= 4 is 33.3 Å². The van der Waals surface area contributed by atoms with E-state index in [1.165, 1.54) is 11.3 Å². The van der Waals surface area contributed by atoms with Crippen molar-refractivity contribution in [3.05, 3.63) is 83.7 Å². The summed E-state index contributed by atoms with van der Waals surface area (Å²) < 4.78 is 5.71. The largest absolute Gasteiger partial charge is 0.460 e. The van der Waals surface area contributed by atoms with Gasteiger partial charge in [0.2, 0.25) is 0 Å². The highest BCUT2D eigenvalue weighted by molar-refractivity contribution is 7.14. The zero-order valence-electron chi connectivity index (χ0n) is 16.0. The van der Waals surface area contributed by atoms with E-state index in [-0.39, 0.29) is 5.91 Å². The van der Waals surface area contributed by atoms with Gasteiger partial charge in [-0.15, -0.1) is 11.3 Å². The average molecular weight is 412 g/mol. The van der Waals surface area contributed by atoms with Crippen molar-refractivity contribution in [2.24, 2.45) is 0 Å². The molecule has 1 amide bonds. The average Bonchev–Trinajstić information content (AvgIpc) is 3.42. The van der Waals surface area contributed by atoms with Crippen LogP contribution in [0.2, 0.25) is 0 Å². The Morgan fingerprint density at radius 2 is 1.93 bits per heavy atom. The number of fused-ring (bicyclic) bond motifs is 1. The van der Waals surface area contributed by atoms with E-state index in [2.05, 4.69) is 20.3 Å². The summed E-state index contributed by atoms with van der Waals surface area (Å²) in [4.78, 5) is 26.4. The number of para-hydroxylation sites is 1. The molecule has 0 saturated carbocycles. The first-order valence-corrected chi connectivity index (χ1v) is 10.2. The van der Waals surface area contributed by atoms with Crippen LogP contribution in [0.3, 0.4) is 0 Å². The fourth-order valence-electron chi connectivity index (χ4n) is 3.20. The Labute approximate surface area is 176 Å². The number of pyridine rings is 2. The van der Waals surface area contributed by atoms with E-state index in [9.17, 15) is 4.79 Å². The summed E-state index contributed by atoms with van der Waals surface area (Å²) in [6.45, 7) is 1.88. The lowest BCUT2D eigenvalue weighted by atomic mass is 10.1. The molecule has 0 radical (unpaired) electrons. The molecule has 4 aromatic heterocycles. The molecule has 0 atom stereocenters. The van der Waals surface area contributed by atoms with E-state index in [4.69, 9.17) is 4.42 Å². The minimum atomic E-state index is -0.245. The molecule has 1 N–H and O–H groups in total. The van der Waals surface area contributed by atoms with Gasteiger partial charge in [0, 0.05) is 28.7 Å². The van der Waals surface area contributed by atoms with Crippen LogP contribution in [0.25, 0.3) is 33.6 Å². The van der Waals surface area contributed by atoms with Crippen molar-refractivity contribution in [2.75, 3.05) is 5.32 Å². The molecule has 0 saturated heterocycles. The molecule has 0 bridgehead atoms. The van der Waals surface area contributed by atoms with Crippen LogP contribution in [0, 0.1) is 6.92 Å². The number of benzene rings is 1. The number of aromatic nitrogens is 3. The van der Waals surface area contributed by atoms with Crippen molar-refractivity contribution in [3.63, 3.8) is 0 Å². The summed E-state index contributed by atoms with van der Waals surface area (Å²) in [6.07, 6.45) is 3.46. The van der Waals surface area contributed by atoms with Crippen molar-refractivity contribution in [2.45, 2.75) is 6.92 Å². The Balaban J connectivity index is 1.51. The number of thiazole rings is 1. The highest BCUT2D eigenvalue weighted by Crippen LogP contribution is 2.28. The van der Waals surface area contributed by atoms with Gasteiger partial charge in [0.05, 0.1) is 16.8 Å². The second kappa shape index (κ2) is 7.53. The summed E-state index contributed by atoms with van der Waals surface area (Å²) in [6, 6.07) is 16.8. The van der Waals surface area contributed by atoms with Crippen LogP contribution in [-0.2, 0) is 0 Å². The second-order valence-corrected chi connectivity index (χ2v) is 7.57. The Morgan fingerprint density at radius 1 is 1.03 bits per heavy atom. The molecule has 0 unspecified atom stereocenters. The zero-order chi connectivity index (χ0) is 20.5. The smallest absolute Gasteiger partial charge is 0.258 e. The summed E-state index contributed by atoms with van der Waals surface area (Å²) >= 11 is 1.37. The van der Waals surface area contributed by atoms with Gasteiger partial charge in [-0.25, -0.2) is 9.97 Å². The number of aryl methyl sites for hydroxylation is 1. The molecule has 5 aromatic rings. The van der Waals surface area contributed by atoms with Crippen LogP contribution in [0.1, 0.15) is 16.1 Å². The Bertz CT molecular complexity index is 1360. The van der Waals surface area contributed by atoms with Gasteiger partial charge in [0.1, 0.15) is 11.5 Å². The Morgan fingerprint density at radius 3 is 2.73 bits per heavy atom. The molecule has 1 aromatic carbocycles. The first-order valence-electron chi connectivity index (χ1n) is 9.31. The fourth-order valence-corrected chi connectivity index (χ4v) is 3.92. The van der Waals surface area contributed by atoms with E-state index in [1.807, 2.05) is 60.8 Å². The molecule has 0 aliphatic heterocycles. The van der Waals surface area contributed by atoms with Crippen LogP contribution in [0.15, 0.2) is 76.8 Å². The van der Waals surface area contributed by atoms with Gasteiger partial charge in [0.25, 0.3) is 5.91 Å². The Hall–Kier alpha value is -3.84. The molecular weight excluding hydrogens is 396 g/mol. The van der Waals surface area contributed by atoms with Gasteiger partial charge in [-0.3, -0.25) is 15.1 Å². The van der Waals surface area contributed by atoms with E-state index in [0.717, 1.165) is 27.9 Å². The molecule has 4 heterocycles. The molecule has 0 aliphatic rings. The van der Waals surface area contributed by atoms with E-state index >= 15 is 0 Å². The number of rotatable bonds is 4. The van der Waals surface area contributed by atoms with Crippen molar-refractivity contribution in [3.8, 4) is 22.7 Å². The minimum absolute atomic E-state index is 0.245. The highest BCUT2D eigenvalue weighted by atomic mass is 32.1. The summed E-state index contributed by atoms with van der Waals surface area (Å²) in [5.41, 5.74) is 3.53. The summed E-state index contributed by atoms with van der Waals surface area (Å²) in [7, 11) is 0. The maximum atomic E-state index is 13.1. The zero-order valence-corrected chi connectivity index (χ0v) is 16.8. The predicted octanol–water partition coefficient (Wildman–Crippen LogP) is 5.57. The molecule has 0 fully saturated rings. The third-order valence-corrected chi connectivity index (χ3v) is 5.39. The van der Waals surface area contributed by atoms with Crippen LogP contribution in [0.4, 0.5) is 5.13 Å². The molecule has 5 rings (SSSR count). The minimum Gasteiger partial charge on any atom is -0.460 e. The number of carbonyl (C=O) groups is 1. The number of hydrogen-bond acceptors (Lipinski definition) is 6. The third kappa shape index (κ3) is 3.46. The number of carbonyl (C=O) groups excluding carboxylic acids is 1. The highest BCUT2D eigenvalue weighted by Gasteiger charge is 2.17. The van der Waals surface area contributed by atoms with Gasteiger partial charge >= 0.3 is 0 Å². The molecule has 30 heavy (non-hydrogen) atoms. The predicted molar refractivity (Wildman–Crippen MR) is 117 cm³/mol. The molecule has 146 valence electrons. The van der Waals surface area contributed by atoms with Gasteiger partial charge in [0.15, 0.2) is 10.9 Å². The molecule has 7 heteroatoms. The van der Waals surface area contributed by atoms with Crippen LogP contribution >= 0.6 is 11.3 Å².